The van der Waals surface area contributed by atoms with Crippen LogP contribution < -0.4 is 0 Å². The van der Waals surface area contributed by atoms with Crippen LogP contribution in [0.4, 0.5) is 39.5 Å². The largest absolute Gasteiger partial charge is 3.00 e. The van der Waals surface area contributed by atoms with Gasteiger partial charge in [-0.15, -0.1) is 0 Å². The molecule has 0 spiro atoms. The molecule has 0 saturated carbocycles. The van der Waals surface area contributed by atoms with Gasteiger partial charge in [0.15, 0.2) is 0 Å². The molecule has 0 heterocycles. The average Bonchev–Trinajstić information content (AvgIpc) is 3.47. The zero-order valence-corrected chi connectivity index (χ0v) is 19.6. The van der Waals surface area contributed by atoms with E-state index in [1.54, 1.807) is 72.8 Å². The summed E-state index contributed by atoms with van der Waals surface area (Å²) in [6.07, 6.45) is -14.0. The van der Waals surface area contributed by atoms with E-state index in [1.807, 2.05) is 0 Å². The van der Waals surface area contributed by atoms with Crippen molar-refractivity contribution in [3.05, 3.63) is 89.5 Å². The second kappa shape index (κ2) is 15.8. The molecule has 1 radical (unpaired) electrons. The molecule has 3 aromatic carbocycles. The minimum absolute atomic E-state index is 0. The Morgan fingerprint density at radius 1 is 0.382 bits per heavy atom. The summed E-state index contributed by atoms with van der Waals surface area (Å²) in [6.45, 7) is 0. The van der Waals surface area contributed by atoms with Crippen molar-refractivity contribution in [1.82, 2.24) is 0 Å². The van der Waals surface area contributed by atoms with Crippen LogP contribution in [-0.4, -0.2) is 18.5 Å². The molecule has 0 fully saturated rings. The third kappa shape index (κ3) is 19.3. The van der Waals surface area contributed by atoms with Gasteiger partial charge in [-0.1, -0.05) is 19.3 Å². The van der Waals surface area contributed by atoms with Gasteiger partial charge in [0.2, 0.25) is 0 Å². The molecule has 0 aromatic heterocycles. The maximum Gasteiger partial charge on any atom is 3.00 e. The van der Waals surface area contributed by atoms with Gasteiger partial charge in [-0.25, -0.2) is 36.4 Å². The van der Waals surface area contributed by atoms with E-state index in [9.17, 15) is 39.5 Å². The van der Waals surface area contributed by atoms with Gasteiger partial charge in [0.1, 0.15) is 0 Å². The van der Waals surface area contributed by atoms with Gasteiger partial charge in [-0.3, -0.25) is 0 Å². The van der Waals surface area contributed by atoms with Gasteiger partial charge in [0.05, 0.1) is 0 Å². The molecule has 3 aromatic rings. The molecule has 0 saturated heterocycles. The first kappa shape index (κ1) is 32.9. The summed E-state index contributed by atoms with van der Waals surface area (Å²) in [5.41, 5.74) is 2.26. The monoisotopic (exact) mass is 657 g/mol. The number of hydrogen-bond donors (Lipinski definition) is 0. The predicted molar refractivity (Wildman–Crippen MR) is 109 cm³/mol. The van der Waals surface area contributed by atoms with Crippen LogP contribution in [0, 0.1) is 46.9 Å². The van der Waals surface area contributed by atoms with Crippen molar-refractivity contribution in [2.75, 3.05) is 0 Å². The third-order valence-corrected chi connectivity index (χ3v) is 4.29. The fourth-order valence-corrected chi connectivity index (χ4v) is 2.60. The minimum Gasteiger partial charge on any atom is -0.213 e. The molecule has 0 unspecified atom stereocenters. The molecular weight excluding hydrogens is 632 g/mol. The Morgan fingerprint density at radius 3 is 0.706 bits per heavy atom. The fraction of sp³-hybridized carbons (Fsp3) is 0.375. The van der Waals surface area contributed by atoms with Crippen LogP contribution in [0.25, 0.3) is 0 Å². The number of aryl methyl sites for hydroxylation is 3. The first-order valence-electron chi connectivity index (χ1n) is 10.1. The average molecular weight is 656 g/mol. The molecule has 0 aliphatic carbocycles. The fourth-order valence-electron chi connectivity index (χ4n) is 2.60. The first-order valence-corrected chi connectivity index (χ1v) is 10.1. The third-order valence-electron chi connectivity index (χ3n) is 4.29. The summed E-state index contributed by atoms with van der Waals surface area (Å²) in [7, 11) is 0. The van der Waals surface area contributed by atoms with E-state index < -0.39 is 37.8 Å². The maximum atomic E-state index is 11.6. The van der Waals surface area contributed by atoms with Crippen molar-refractivity contribution in [2.24, 2.45) is 0 Å². The van der Waals surface area contributed by atoms with Crippen molar-refractivity contribution in [3.8, 4) is 0 Å². The maximum absolute atomic E-state index is 11.6. The Balaban J connectivity index is 0.000000473. The predicted octanol–water partition coefficient (Wildman–Crippen LogP) is 8.70. The molecule has 34 heavy (non-hydrogen) atoms. The molecule has 197 valence electrons. The Labute approximate surface area is 231 Å². The summed E-state index contributed by atoms with van der Waals surface area (Å²) in [6, 6.07) is 20.7. The Bertz CT molecular complexity index is 708. The van der Waals surface area contributed by atoms with Crippen molar-refractivity contribution in [1.29, 1.82) is 0 Å². The smallest absolute Gasteiger partial charge is 0.213 e. The molecule has 0 bridgehead atoms. The second-order valence-corrected chi connectivity index (χ2v) is 7.22. The van der Waals surface area contributed by atoms with Gasteiger partial charge >= 0.3 is 65.5 Å². The number of alkyl halides is 9. The van der Waals surface area contributed by atoms with Crippen LogP contribution >= 0.6 is 0 Å². The SMILES string of the molecule is FC(F)(F)CC[c-]1cccc1.FC(F)(F)CC[c-]1cccc1.FC(F)(F)CC[c-]1cccc1.[Yb+3]. The van der Waals surface area contributed by atoms with Gasteiger partial charge in [0.25, 0.3) is 0 Å². The van der Waals surface area contributed by atoms with Gasteiger partial charge < -0.3 is 0 Å². The number of hydrogen-bond acceptors (Lipinski definition) is 0. The quantitative estimate of drug-likeness (QED) is 0.184. The standard InChI is InChI=1S/3C8H8F3.Yb/c3*9-8(10,11)6-5-7-3-1-2-4-7;/h3*1-4H,5-6H2;/q3*-1;+3. The molecule has 0 atom stereocenters. The van der Waals surface area contributed by atoms with E-state index in [1.165, 1.54) is 0 Å². The zero-order valence-electron chi connectivity index (χ0n) is 17.8. The van der Waals surface area contributed by atoms with E-state index in [0.29, 0.717) is 0 Å². The van der Waals surface area contributed by atoms with Crippen molar-refractivity contribution in [2.45, 2.75) is 57.1 Å². The van der Waals surface area contributed by atoms with Crippen LogP contribution in [-0.2, 0) is 19.3 Å². The van der Waals surface area contributed by atoms with Crippen LogP contribution in [0.15, 0.2) is 72.8 Å². The molecule has 0 N–H and O–H groups in total. The molecule has 0 amide bonds. The van der Waals surface area contributed by atoms with Gasteiger partial charge in [0, 0.05) is 19.3 Å². The van der Waals surface area contributed by atoms with E-state index >= 15 is 0 Å². The Kier molecular flexibility index (Phi) is 15.3. The first-order chi connectivity index (χ1) is 15.2. The summed E-state index contributed by atoms with van der Waals surface area (Å²) in [5.74, 6) is 0. The van der Waals surface area contributed by atoms with Gasteiger partial charge in [-0.05, 0) is 0 Å². The summed E-state index contributed by atoms with van der Waals surface area (Å²) in [5, 5.41) is 0. The van der Waals surface area contributed by atoms with Crippen LogP contribution in [0.1, 0.15) is 36.0 Å². The van der Waals surface area contributed by atoms with Crippen LogP contribution in [0.2, 0.25) is 0 Å². The second-order valence-electron chi connectivity index (χ2n) is 7.22. The number of halogens is 9. The topological polar surface area (TPSA) is 0 Å². The summed E-state index contributed by atoms with van der Waals surface area (Å²) >= 11 is 0. The van der Waals surface area contributed by atoms with Crippen LogP contribution in [0.3, 0.4) is 0 Å². The number of rotatable bonds is 6. The molecule has 0 aliphatic rings. The van der Waals surface area contributed by atoms with E-state index in [2.05, 4.69) is 0 Å². The van der Waals surface area contributed by atoms with E-state index in [4.69, 9.17) is 0 Å². The van der Waals surface area contributed by atoms with Crippen molar-refractivity contribution >= 4 is 0 Å². The minimum atomic E-state index is -4.03. The molecule has 0 aliphatic heterocycles. The van der Waals surface area contributed by atoms with Crippen molar-refractivity contribution in [3.63, 3.8) is 0 Å². The molecule has 3 rings (SSSR count). The van der Waals surface area contributed by atoms with E-state index in [-0.39, 0.29) is 66.2 Å². The molecule has 0 nitrogen and oxygen atoms in total. The Hall–Kier alpha value is -1.06. The summed E-state index contributed by atoms with van der Waals surface area (Å²) < 4.78 is 105. The Morgan fingerprint density at radius 2 is 0.559 bits per heavy atom. The molecular formula is C24H24F9Yb. The summed E-state index contributed by atoms with van der Waals surface area (Å²) in [4.78, 5) is 0. The molecule has 10 heteroatoms. The van der Waals surface area contributed by atoms with Crippen LogP contribution in [0.5, 0.6) is 0 Å². The van der Waals surface area contributed by atoms with Gasteiger partial charge in [-0.2, -0.15) is 92.6 Å². The zero-order chi connectivity index (χ0) is 25.0. The van der Waals surface area contributed by atoms with E-state index in [0.717, 1.165) is 16.7 Å². The van der Waals surface area contributed by atoms with Crippen molar-refractivity contribution < 1.29 is 86.4 Å². The normalized spacial score (nSPS) is 11.6.